The maximum Gasteiger partial charge on any atom is 0.0726 e. The van der Waals surface area contributed by atoms with E-state index < -0.39 is 0 Å². The molecule has 2 saturated heterocycles. The van der Waals surface area contributed by atoms with Crippen LogP contribution in [0.25, 0.3) is 0 Å². The molecule has 1 spiro atoms. The SMILES string of the molecule is CC(NC1CCOC2(CCCCC2)C1)C1CCCO1. The molecule has 1 saturated carbocycles. The van der Waals surface area contributed by atoms with Crippen LogP contribution in [0.15, 0.2) is 0 Å². The first kappa shape index (κ1) is 13.8. The van der Waals surface area contributed by atoms with Gasteiger partial charge in [-0.15, -0.1) is 0 Å². The van der Waals surface area contributed by atoms with Gasteiger partial charge < -0.3 is 14.8 Å². The lowest BCUT2D eigenvalue weighted by Crippen LogP contribution is -2.52. The van der Waals surface area contributed by atoms with Crippen molar-refractivity contribution < 1.29 is 9.47 Å². The topological polar surface area (TPSA) is 30.5 Å². The lowest BCUT2D eigenvalue weighted by molar-refractivity contribution is -0.111. The fourth-order valence-electron chi connectivity index (χ4n) is 4.19. The van der Waals surface area contributed by atoms with Gasteiger partial charge in [-0.3, -0.25) is 0 Å². The molecule has 2 aliphatic heterocycles. The number of ether oxygens (including phenoxy) is 2. The van der Waals surface area contributed by atoms with Gasteiger partial charge in [0.2, 0.25) is 0 Å². The third-order valence-electron chi connectivity index (χ3n) is 5.28. The van der Waals surface area contributed by atoms with E-state index >= 15 is 0 Å². The van der Waals surface area contributed by atoms with Gasteiger partial charge in [0.15, 0.2) is 0 Å². The first-order valence-electron chi connectivity index (χ1n) is 8.29. The van der Waals surface area contributed by atoms with Gasteiger partial charge in [0, 0.05) is 25.3 Å². The minimum Gasteiger partial charge on any atom is -0.377 e. The molecule has 3 atom stereocenters. The van der Waals surface area contributed by atoms with Crippen molar-refractivity contribution in [2.45, 2.75) is 88.5 Å². The molecule has 0 amide bonds. The van der Waals surface area contributed by atoms with Crippen LogP contribution >= 0.6 is 0 Å². The zero-order chi connectivity index (χ0) is 13.1. The molecule has 0 aromatic rings. The van der Waals surface area contributed by atoms with E-state index in [1.165, 1.54) is 57.8 Å². The second-order valence-corrected chi connectivity index (χ2v) is 6.79. The van der Waals surface area contributed by atoms with Crippen molar-refractivity contribution >= 4 is 0 Å². The summed E-state index contributed by atoms with van der Waals surface area (Å²) in [6.07, 6.45) is 11.9. The summed E-state index contributed by atoms with van der Waals surface area (Å²) in [6, 6.07) is 1.12. The molecule has 1 aliphatic carbocycles. The van der Waals surface area contributed by atoms with E-state index in [-0.39, 0.29) is 5.60 Å². The van der Waals surface area contributed by atoms with Gasteiger partial charge in [0.25, 0.3) is 0 Å². The van der Waals surface area contributed by atoms with Crippen LogP contribution in [0.1, 0.15) is 64.7 Å². The van der Waals surface area contributed by atoms with Crippen LogP contribution in [-0.2, 0) is 9.47 Å². The Morgan fingerprint density at radius 2 is 1.89 bits per heavy atom. The molecular weight excluding hydrogens is 238 g/mol. The Balaban J connectivity index is 1.52. The number of rotatable bonds is 3. The Bertz CT molecular complexity index is 277. The van der Waals surface area contributed by atoms with Gasteiger partial charge in [0.05, 0.1) is 11.7 Å². The highest BCUT2D eigenvalue weighted by Gasteiger charge is 2.39. The summed E-state index contributed by atoms with van der Waals surface area (Å²) in [7, 11) is 0. The lowest BCUT2D eigenvalue weighted by atomic mass is 9.78. The Kier molecular flexibility index (Phi) is 4.45. The van der Waals surface area contributed by atoms with Crippen molar-refractivity contribution in [1.29, 1.82) is 0 Å². The average molecular weight is 267 g/mol. The summed E-state index contributed by atoms with van der Waals surface area (Å²) in [5.74, 6) is 0. The third-order valence-corrected chi connectivity index (χ3v) is 5.28. The van der Waals surface area contributed by atoms with E-state index in [9.17, 15) is 0 Å². The molecule has 110 valence electrons. The Morgan fingerprint density at radius 3 is 2.63 bits per heavy atom. The first-order chi connectivity index (χ1) is 9.27. The molecule has 2 heterocycles. The van der Waals surface area contributed by atoms with Crippen LogP contribution in [0.2, 0.25) is 0 Å². The maximum atomic E-state index is 6.17. The molecule has 0 radical (unpaired) electrons. The zero-order valence-electron chi connectivity index (χ0n) is 12.3. The molecule has 0 aromatic heterocycles. The predicted octanol–water partition coefficient (Wildman–Crippen LogP) is 3.03. The molecule has 3 nitrogen and oxygen atoms in total. The van der Waals surface area contributed by atoms with Crippen LogP contribution in [0, 0.1) is 0 Å². The standard InChI is InChI=1S/C16H29NO2/c1-13(15-6-5-10-18-15)17-14-7-11-19-16(12-14)8-3-2-4-9-16/h13-15,17H,2-12H2,1H3. The van der Waals surface area contributed by atoms with Crippen LogP contribution in [0.5, 0.6) is 0 Å². The second-order valence-electron chi connectivity index (χ2n) is 6.79. The van der Waals surface area contributed by atoms with E-state index in [1.54, 1.807) is 0 Å². The second kappa shape index (κ2) is 6.11. The molecule has 19 heavy (non-hydrogen) atoms. The summed E-state index contributed by atoms with van der Waals surface area (Å²) in [4.78, 5) is 0. The van der Waals surface area contributed by atoms with Gasteiger partial charge >= 0.3 is 0 Å². The van der Waals surface area contributed by atoms with Gasteiger partial charge in [-0.1, -0.05) is 19.3 Å². The fourth-order valence-corrected chi connectivity index (χ4v) is 4.19. The van der Waals surface area contributed by atoms with Crippen LogP contribution in [0.3, 0.4) is 0 Å². The predicted molar refractivity (Wildman–Crippen MR) is 76.4 cm³/mol. The molecule has 1 N–H and O–H groups in total. The van der Waals surface area contributed by atoms with Crippen molar-refractivity contribution in [1.82, 2.24) is 5.32 Å². The highest BCUT2D eigenvalue weighted by molar-refractivity contribution is 4.93. The van der Waals surface area contributed by atoms with Crippen molar-refractivity contribution in [2.24, 2.45) is 0 Å². The highest BCUT2D eigenvalue weighted by Crippen LogP contribution is 2.38. The van der Waals surface area contributed by atoms with Crippen LogP contribution in [0.4, 0.5) is 0 Å². The van der Waals surface area contributed by atoms with Crippen molar-refractivity contribution in [3.8, 4) is 0 Å². The van der Waals surface area contributed by atoms with Crippen molar-refractivity contribution in [2.75, 3.05) is 13.2 Å². The Labute approximate surface area is 117 Å². The van der Waals surface area contributed by atoms with E-state index in [2.05, 4.69) is 12.2 Å². The largest absolute Gasteiger partial charge is 0.377 e. The van der Waals surface area contributed by atoms with Crippen LogP contribution < -0.4 is 5.32 Å². The summed E-state index contributed by atoms with van der Waals surface area (Å²) in [6.45, 7) is 4.18. The Morgan fingerprint density at radius 1 is 1.05 bits per heavy atom. The maximum absolute atomic E-state index is 6.17. The summed E-state index contributed by atoms with van der Waals surface area (Å²) in [5, 5.41) is 3.83. The fraction of sp³-hybridized carbons (Fsp3) is 1.00. The number of nitrogens with one attached hydrogen (secondary N) is 1. The van der Waals surface area contributed by atoms with Crippen molar-refractivity contribution in [3.63, 3.8) is 0 Å². The van der Waals surface area contributed by atoms with Gasteiger partial charge in [-0.05, 0) is 45.4 Å². The molecule has 0 aromatic carbocycles. The van der Waals surface area contributed by atoms with Gasteiger partial charge in [-0.25, -0.2) is 0 Å². The van der Waals surface area contributed by atoms with Crippen LogP contribution in [-0.4, -0.2) is 37.0 Å². The quantitative estimate of drug-likeness (QED) is 0.852. The molecule has 3 aliphatic rings. The molecule has 0 bridgehead atoms. The molecular formula is C16H29NO2. The third kappa shape index (κ3) is 3.32. The summed E-state index contributed by atoms with van der Waals surface area (Å²) < 4.78 is 12.0. The molecule has 3 heteroatoms. The number of hydrogen-bond acceptors (Lipinski definition) is 3. The monoisotopic (exact) mass is 267 g/mol. The average Bonchev–Trinajstić information content (AvgIpc) is 2.93. The number of hydrogen-bond donors (Lipinski definition) is 1. The molecule has 3 fully saturated rings. The smallest absolute Gasteiger partial charge is 0.0726 e. The molecule has 3 rings (SSSR count). The van der Waals surface area contributed by atoms with Gasteiger partial charge in [-0.2, -0.15) is 0 Å². The summed E-state index contributed by atoms with van der Waals surface area (Å²) in [5.41, 5.74) is 0.213. The van der Waals surface area contributed by atoms with E-state index in [4.69, 9.17) is 9.47 Å². The Hall–Kier alpha value is -0.120. The van der Waals surface area contributed by atoms with E-state index in [0.717, 1.165) is 13.2 Å². The highest BCUT2D eigenvalue weighted by atomic mass is 16.5. The van der Waals surface area contributed by atoms with Gasteiger partial charge in [0.1, 0.15) is 0 Å². The van der Waals surface area contributed by atoms with E-state index in [1.807, 2.05) is 0 Å². The first-order valence-corrected chi connectivity index (χ1v) is 8.29. The minimum atomic E-state index is 0.213. The normalized spacial score (nSPS) is 36.5. The van der Waals surface area contributed by atoms with E-state index in [0.29, 0.717) is 18.2 Å². The minimum absolute atomic E-state index is 0.213. The molecule has 3 unspecified atom stereocenters. The zero-order valence-corrected chi connectivity index (χ0v) is 12.3. The summed E-state index contributed by atoms with van der Waals surface area (Å²) >= 11 is 0. The van der Waals surface area contributed by atoms with Crippen molar-refractivity contribution in [3.05, 3.63) is 0 Å². The lowest BCUT2D eigenvalue weighted by Gasteiger charge is -2.44.